The Labute approximate surface area is 401 Å². The number of benzene rings is 7. The third-order valence-electron chi connectivity index (χ3n) is 14.4. The zero-order chi connectivity index (χ0) is 46.0. The molecule has 0 amide bonds. The van der Waals surface area contributed by atoms with Crippen LogP contribution in [0.5, 0.6) is 0 Å². The summed E-state index contributed by atoms with van der Waals surface area (Å²) in [6.07, 6.45) is 18.0. The maximum atomic E-state index is 5.58. The zero-order valence-electron chi connectivity index (χ0n) is 40.5. The highest BCUT2D eigenvalue weighted by molar-refractivity contribution is 5.86. The SMILES string of the molecule is CCCCCCCCC1(CCCCCCCC)c2cc(C)ccc2-c2ccc(-c3cc(-c4ccc(-c5ccc(C)cc5)cc4)nc(-c4cc(-c5ccccc5)cc(-c5ccccc5)c4)n3)cc21. The van der Waals surface area contributed by atoms with Gasteiger partial charge in [0.2, 0.25) is 0 Å². The topological polar surface area (TPSA) is 25.8 Å². The molecule has 338 valence electrons. The highest BCUT2D eigenvalue weighted by atomic mass is 14.9. The van der Waals surface area contributed by atoms with Crippen molar-refractivity contribution in [2.24, 2.45) is 0 Å². The van der Waals surface area contributed by atoms with Crippen molar-refractivity contribution in [2.75, 3.05) is 0 Å². The molecule has 1 aliphatic carbocycles. The normalized spacial score (nSPS) is 12.5. The number of nitrogens with zero attached hydrogens (tertiary/aromatic N) is 2. The molecule has 7 aromatic carbocycles. The average Bonchev–Trinajstić information content (AvgIpc) is 3.64. The van der Waals surface area contributed by atoms with Crippen LogP contribution in [-0.2, 0) is 5.41 Å². The molecule has 0 N–H and O–H groups in total. The van der Waals surface area contributed by atoms with Crippen LogP contribution in [0.2, 0.25) is 0 Å². The van der Waals surface area contributed by atoms with Gasteiger partial charge in [-0.15, -0.1) is 0 Å². The van der Waals surface area contributed by atoms with E-state index in [2.05, 4.69) is 198 Å². The Kier molecular flexibility index (Phi) is 14.7. The highest BCUT2D eigenvalue weighted by Gasteiger charge is 2.42. The third kappa shape index (κ3) is 10.5. The smallest absolute Gasteiger partial charge is 0.160 e. The summed E-state index contributed by atoms with van der Waals surface area (Å²) in [5, 5.41) is 0. The second kappa shape index (κ2) is 21.5. The minimum absolute atomic E-state index is 0.0265. The van der Waals surface area contributed by atoms with Crippen LogP contribution < -0.4 is 0 Å². The van der Waals surface area contributed by atoms with Crippen molar-refractivity contribution in [3.8, 4) is 78.4 Å². The molecular weight excluding hydrogens is 809 g/mol. The molecule has 8 aromatic rings. The molecule has 0 aliphatic heterocycles. The molecule has 2 nitrogen and oxygen atoms in total. The van der Waals surface area contributed by atoms with Gasteiger partial charge in [-0.2, -0.15) is 0 Å². The van der Waals surface area contributed by atoms with E-state index >= 15 is 0 Å². The van der Waals surface area contributed by atoms with E-state index in [0.29, 0.717) is 0 Å². The van der Waals surface area contributed by atoms with E-state index in [9.17, 15) is 0 Å². The number of hydrogen-bond donors (Lipinski definition) is 0. The summed E-state index contributed by atoms with van der Waals surface area (Å²) >= 11 is 0. The van der Waals surface area contributed by atoms with Crippen LogP contribution in [0.15, 0.2) is 170 Å². The number of unbranched alkanes of at least 4 members (excludes halogenated alkanes) is 10. The molecule has 0 saturated carbocycles. The molecule has 2 heteroatoms. The minimum Gasteiger partial charge on any atom is -0.228 e. The van der Waals surface area contributed by atoms with Crippen LogP contribution in [-0.4, -0.2) is 9.97 Å². The van der Waals surface area contributed by atoms with Crippen LogP contribution in [0.3, 0.4) is 0 Å². The lowest BCUT2D eigenvalue weighted by atomic mass is 9.70. The highest BCUT2D eigenvalue weighted by Crippen LogP contribution is 2.55. The average molecular weight is 877 g/mol. The first-order chi connectivity index (χ1) is 32.9. The van der Waals surface area contributed by atoms with Gasteiger partial charge in [0.15, 0.2) is 5.82 Å². The summed E-state index contributed by atoms with van der Waals surface area (Å²) in [7, 11) is 0. The fourth-order valence-corrected chi connectivity index (χ4v) is 10.6. The Morgan fingerprint density at radius 3 is 1.31 bits per heavy atom. The molecule has 1 heterocycles. The molecule has 0 fully saturated rings. The van der Waals surface area contributed by atoms with Crippen LogP contribution in [0, 0.1) is 13.8 Å². The van der Waals surface area contributed by atoms with Gasteiger partial charge >= 0.3 is 0 Å². The summed E-state index contributed by atoms with van der Waals surface area (Å²) in [5.41, 5.74) is 20.6. The summed E-state index contributed by atoms with van der Waals surface area (Å²) in [6.45, 7) is 9.05. The lowest BCUT2D eigenvalue weighted by Crippen LogP contribution is -2.25. The molecular formula is C65H68N2. The first-order valence-corrected chi connectivity index (χ1v) is 25.5. The van der Waals surface area contributed by atoms with E-state index < -0.39 is 0 Å². The molecule has 0 saturated heterocycles. The third-order valence-corrected chi connectivity index (χ3v) is 14.4. The Morgan fingerprint density at radius 2 is 0.746 bits per heavy atom. The zero-order valence-corrected chi connectivity index (χ0v) is 40.5. The first kappa shape index (κ1) is 45.8. The van der Waals surface area contributed by atoms with E-state index in [-0.39, 0.29) is 5.41 Å². The van der Waals surface area contributed by atoms with Gasteiger partial charge < -0.3 is 0 Å². The minimum atomic E-state index is -0.0265. The van der Waals surface area contributed by atoms with Crippen LogP contribution in [0.4, 0.5) is 0 Å². The maximum absolute atomic E-state index is 5.58. The molecule has 1 aromatic heterocycles. The monoisotopic (exact) mass is 877 g/mol. The van der Waals surface area contributed by atoms with Crippen molar-refractivity contribution in [1.29, 1.82) is 0 Å². The van der Waals surface area contributed by atoms with Crippen molar-refractivity contribution in [2.45, 2.75) is 123 Å². The standard InChI is InChI=1S/C65H68N2/c1-5-7-9-11-13-21-39-65(40-22-14-12-10-8-6-2)60-41-48(4)29-37-58(60)59-38-36-54(45-61(59)65)63-46-62(53-34-32-52(33-35-53)51-30-27-47(3)28-31-51)66-64(67-63)57-43-55(49-23-17-15-18-24-49)42-56(44-57)50-25-19-16-20-26-50/h15-20,23-38,41-46H,5-14,21-22,39-40H2,1-4H3. The lowest BCUT2D eigenvalue weighted by Gasteiger charge is -2.33. The van der Waals surface area contributed by atoms with E-state index in [1.165, 1.54) is 140 Å². The Morgan fingerprint density at radius 1 is 0.328 bits per heavy atom. The van der Waals surface area contributed by atoms with Gasteiger partial charge in [-0.25, -0.2) is 9.97 Å². The van der Waals surface area contributed by atoms with Gasteiger partial charge in [0.25, 0.3) is 0 Å². The van der Waals surface area contributed by atoms with E-state index in [0.717, 1.165) is 45.0 Å². The van der Waals surface area contributed by atoms with Crippen molar-refractivity contribution in [1.82, 2.24) is 9.97 Å². The number of aromatic nitrogens is 2. The van der Waals surface area contributed by atoms with Crippen molar-refractivity contribution in [3.63, 3.8) is 0 Å². The lowest BCUT2D eigenvalue weighted by molar-refractivity contribution is 0.398. The van der Waals surface area contributed by atoms with Gasteiger partial charge in [0, 0.05) is 22.1 Å². The number of rotatable bonds is 20. The van der Waals surface area contributed by atoms with Crippen LogP contribution in [0.1, 0.15) is 126 Å². The van der Waals surface area contributed by atoms with E-state index in [1.54, 1.807) is 5.56 Å². The van der Waals surface area contributed by atoms with Crippen molar-refractivity contribution in [3.05, 3.63) is 192 Å². The predicted octanol–water partition coefficient (Wildman–Crippen LogP) is 18.9. The van der Waals surface area contributed by atoms with Gasteiger partial charge in [0.05, 0.1) is 11.4 Å². The first-order valence-electron chi connectivity index (χ1n) is 25.5. The van der Waals surface area contributed by atoms with Crippen molar-refractivity contribution < 1.29 is 0 Å². The predicted molar refractivity (Wildman–Crippen MR) is 286 cm³/mol. The number of fused-ring (bicyclic) bond motifs is 3. The molecule has 1 aliphatic rings. The maximum Gasteiger partial charge on any atom is 0.160 e. The van der Waals surface area contributed by atoms with Gasteiger partial charge in [-0.1, -0.05) is 242 Å². The Bertz CT molecular complexity index is 2800. The molecule has 9 rings (SSSR count). The number of aryl methyl sites for hydroxylation is 2. The van der Waals surface area contributed by atoms with Gasteiger partial charge in [-0.3, -0.25) is 0 Å². The molecule has 0 spiro atoms. The fourth-order valence-electron chi connectivity index (χ4n) is 10.6. The fraction of sp³-hybridized carbons (Fsp3) is 0.292. The van der Waals surface area contributed by atoms with E-state index in [4.69, 9.17) is 9.97 Å². The summed E-state index contributed by atoms with van der Waals surface area (Å²) in [5.74, 6) is 0.731. The molecule has 0 radical (unpaired) electrons. The summed E-state index contributed by atoms with van der Waals surface area (Å²) in [6, 6.07) is 62.8. The number of hydrogen-bond acceptors (Lipinski definition) is 2. The second-order valence-electron chi connectivity index (χ2n) is 19.4. The summed E-state index contributed by atoms with van der Waals surface area (Å²) in [4.78, 5) is 11.0. The van der Waals surface area contributed by atoms with Gasteiger partial charge in [0.1, 0.15) is 0 Å². The quantitative estimate of drug-likeness (QED) is 0.0713. The molecule has 0 atom stereocenters. The molecule has 0 bridgehead atoms. The largest absolute Gasteiger partial charge is 0.228 e. The molecule has 67 heavy (non-hydrogen) atoms. The van der Waals surface area contributed by atoms with E-state index in [1.807, 2.05) is 0 Å². The molecule has 0 unspecified atom stereocenters. The second-order valence-corrected chi connectivity index (χ2v) is 19.4. The van der Waals surface area contributed by atoms with Crippen molar-refractivity contribution >= 4 is 0 Å². The Hall–Kier alpha value is -6.38. The van der Waals surface area contributed by atoms with Crippen LogP contribution >= 0.6 is 0 Å². The van der Waals surface area contributed by atoms with Gasteiger partial charge in [-0.05, 0) is 113 Å². The summed E-state index contributed by atoms with van der Waals surface area (Å²) < 4.78 is 0. The van der Waals surface area contributed by atoms with Crippen LogP contribution in [0.25, 0.3) is 78.4 Å². The Balaban J connectivity index is 1.19.